The van der Waals surface area contributed by atoms with E-state index in [1.54, 1.807) is 24.2 Å². The molecule has 2 heterocycles. The molecule has 5 rings (SSSR count). The van der Waals surface area contributed by atoms with Crippen LogP contribution in [0.1, 0.15) is 21.5 Å². The summed E-state index contributed by atoms with van der Waals surface area (Å²) in [6, 6.07) is 29.2. The van der Waals surface area contributed by atoms with Crippen LogP contribution >= 0.6 is 11.8 Å². The fraction of sp³-hybridized carbons (Fsp3) is 0.0714. The van der Waals surface area contributed by atoms with E-state index in [0.717, 1.165) is 39.0 Å². The van der Waals surface area contributed by atoms with Crippen molar-refractivity contribution >= 4 is 23.4 Å². The average Bonchev–Trinajstić information content (AvgIpc) is 3.33. The molecule has 0 radical (unpaired) electrons. The molecule has 0 saturated carbocycles. The molecule has 35 heavy (non-hydrogen) atoms. The Kier molecular flexibility index (Phi) is 6.68. The first kappa shape index (κ1) is 22.6. The zero-order valence-corrected chi connectivity index (χ0v) is 19.9. The van der Waals surface area contributed by atoms with Gasteiger partial charge in [-0.25, -0.2) is 0 Å². The molecule has 172 valence electrons. The van der Waals surface area contributed by atoms with Gasteiger partial charge < -0.3 is 5.32 Å². The third kappa shape index (κ3) is 5.15. The number of carbonyl (C=O) groups excluding carboxylic acids is 1. The maximum absolute atomic E-state index is 12.5. The first-order chi connectivity index (χ1) is 17.2. The molecule has 6 nitrogen and oxygen atoms in total. The van der Waals surface area contributed by atoms with E-state index in [1.165, 1.54) is 0 Å². The normalized spacial score (nSPS) is 10.8. The van der Waals surface area contributed by atoms with Gasteiger partial charge in [0.25, 0.3) is 5.91 Å². The van der Waals surface area contributed by atoms with Crippen LogP contribution in [0.15, 0.2) is 109 Å². The van der Waals surface area contributed by atoms with Crippen LogP contribution in [0.2, 0.25) is 0 Å². The van der Waals surface area contributed by atoms with Gasteiger partial charge in [-0.2, -0.15) is 0 Å². The van der Waals surface area contributed by atoms with Gasteiger partial charge >= 0.3 is 0 Å². The van der Waals surface area contributed by atoms with Crippen LogP contribution in [0.5, 0.6) is 0 Å². The fourth-order valence-corrected chi connectivity index (χ4v) is 4.61. The molecule has 1 N–H and O–H groups in total. The molecule has 0 saturated heterocycles. The van der Waals surface area contributed by atoms with Crippen LogP contribution < -0.4 is 5.32 Å². The van der Waals surface area contributed by atoms with Crippen LogP contribution in [0.4, 0.5) is 5.69 Å². The summed E-state index contributed by atoms with van der Waals surface area (Å²) in [5.41, 5.74) is 5.62. The monoisotopic (exact) mass is 477 g/mol. The number of nitrogens with one attached hydrogen (secondary N) is 1. The lowest BCUT2D eigenvalue weighted by molar-refractivity contribution is 0.102. The number of pyridine rings is 1. The van der Waals surface area contributed by atoms with Crippen LogP contribution in [0.3, 0.4) is 0 Å². The molecule has 0 bridgehead atoms. The Morgan fingerprint density at radius 3 is 2.31 bits per heavy atom. The average molecular weight is 478 g/mol. The smallest absolute Gasteiger partial charge is 0.255 e. The summed E-state index contributed by atoms with van der Waals surface area (Å²) in [6.07, 6.45) is 3.52. The largest absolute Gasteiger partial charge is 0.322 e. The number of nitrogens with zero attached hydrogens (tertiary/aromatic N) is 4. The highest BCUT2D eigenvalue weighted by molar-refractivity contribution is 7.98. The molecule has 0 aliphatic rings. The number of aromatic nitrogens is 4. The molecule has 0 aliphatic heterocycles. The SMILES string of the molecule is Cc1ccccc1-n1c(SCc2ccc(C(=O)Nc3ccccc3)cc2)nnc1-c1ccncc1. The van der Waals surface area contributed by atoms with Crippen molar-refractivity contribution in [3.8, 4) is 17.1 Å². The highest BCUT2D eigenvalue weighted by Gasteiger charge is 2.17. The number of anilines is 1. The molecule has 3 aromatic carbocycles. The maximum Gasteiger partial charge on any atom is 0.255 e. The second-order valence-electron chi connectivity index (χ2n) is 7.97. The Hall–Kier alpha value is -4.23. The number of carbonyl (C=O) groups is 1. The van der Waals surface area contributed by atoms with Crippen molar-refractivity contribution in [3.05, 3.63) is 120 Å². The zero-order chi connectivity index (χ0) is 24.0. The van der Waals surface area contributed by atoms with Crippen molar-refractivity contribution in [2.45, 2.75) is 17.8 Å². The summed E-state index contributed by atoms with van der Waals surface area (Å²) < 4.78 is 2.09. The highest BCUT2D eigenvalue weighted by atomic mass is 32.2. The maximum atomic E-state index is 12.5. The summed E-state index contributed by atoms with van der Waals surface area (Å²) in [6.45, 7) is 2.08. The molecular formula is C28H23N5OS. The zero-order valence-electron chi connectivity index (χ0n) is 19.1. The van der Waals surface area contributed by atoms with Crippen molar-refractivity contribution < 1.29 is 4.79 Å². The number of hydrogen-bond donors (Lipinski definition) is 1. The molecule has 2 aromatic heterocycles. The second-order valence-corrected chi connectivity index (χ2v) is 8.91. The van der Waals surface area contributed by atoms with Gasteiger partial charge in [-0.1, -0.05) is 60.3 Å². The number of thioether (sulfide) groups is 1. The Labute approximate surface area is 208 Å². The first-order valence-corrected chi connectivity index (χ1v) is 12.2. The minimum Gasteiger partial charge on any atom is -0.322 e. The quantitative estimate of drug-likeness (QED) is 0.283. The van der Waals surface area contributed by atoms with Gasteiger partial charge in [0, 0.05) is 35.0 Å². The molecule has 0 atom stereocenters. The number of aryl methyl sites for hydroxylation is 1. The van der Waals surface area contributed by atoms with Gasteiger partial charge in [-0.3, -0.25) is 14.3 Å². The predicted octanol–water partition coefficient (Wildman–Crippen LogP) is 6.18. The van der Waals surface area contributed by atoms with Crippen LogP contribution in [0, 0.1) is 6.92 Å². The van der Waals surface area contributed by atoms with Crippen LogP contribution in [-0.4, -0.2) is 25.7 Å². The molecule has 1 amide bonds. The molecule has 0 aliphatic carbocycles. The summed E-state index contributed by atoms with van der Waals surface area (Å²) >= 11 is 1.61. The molecule has 0 spiro atoms. The standard InChI is InChI=1S/C28H23N5OS/c1-20-7-5-6-10-25(20)33-26(22-15-17-29-18-16-22)31-32-28(33)35-19-21-11-13-23(14-12-21)27(34)30-24-8-3-2-4-9-24/h2-18H,19H2,1H3,(H,30,34). The van der Waals surface area contributed by atoms with E-state index >= 15 is 0 Å². The third-order valence-corrected chi connectivity index (χ3v) is 6.54. The Morgan fingerprint density at radius 2 is 1.57 bits per heavy atom. The van der Waals surface area contributed by atoms with Crippen molar-refractivity contribution in [3.63, 3.8) is 0 Å². The lowest BCUT2D eigenvalue weighted by Gasteiger charge is -2.13. The minimum atomic E-state index is -0.128. The van der Waals surface area contributed by atoms with Crippen molar-refractivity contribution in [2.75, 3.05) is 5.32 Å². The van der Waals surface area contributed by atoms with E-state index in [9.17, 15) is 4.79 Å². The van der Waals surface area contributed by atoms with E-state index in [-0.39, 0.29) is 5.91 Å². The van der Waals surface area contributed by atoms with Crippen molar-refractivity contribution in [1.29, 1.82) is 0 Å². The lowest BCUT2D eigenvalue weighted by Crippen LogP contribution is -2.11. The van der Waals surface area contributed by atoms with Gasteiger partial charge in [0.15, 0.2) is 11.0 Å². The molecule has 0 fully saturated rings. The summed E-state index contributed by atoms with van der Waals surface area (Å²) in [5.74, 6) is 1.34. The van der Waals surface area contributed by atoms with Crippen LogP contribution in [-0.2, 0) is 5.75 Å². The lowest BCUT2D eigenvalue weighted by atomic mass is 10.1. The number of para-hydroxylation sites is 2. The van der Waals surface area contributed by atoms with Crippen molar-refractivity contribution in [2.24, 2.45) is 0 Å². The molecule has 7 heteroatoms. The van der Waals surface area contributed by atoms with Gasteiger partial charge in [0.05, 0.1) is 5.69 Å². The molecular weight excluding hydrogens is 454 g/mol. The minimum absolute atomic E-state index is 0.128. The topological polar surface area (TPSA) is 72.7 Å². The second kappa shape index (κ2) is 10.4. The van der Waals surface area contributed by atoms with Gasteiger partial charge in [0.1, 0.15) is 0 Å². The van der Waals surface area contributed by atoms with Gasteiger partial charge in [-0.15, -0.1) is 10.2 Å². The highest BCUT2D eigenvalue weighted by Crippen LogP contribution is 2.30. The fourth-order valence-electron chi connectivity index (χ4n) is 3.71. The molecule has 5 aromatic rings. The number of amides is 1. The van der Waals surface area contributed by atoms with Crippen LogP contribution in [0.25, 0.3) is 17.1 Å². The van der Waals surface area contributed by atoms with E-state index in [2.05, 4.69) is 44.1 Å². The van der Waals surface area contributed by atoms with E-state index in [1.807, 2.05) is 78.9 Å². The van der Waals surface area contributed by atoms with Crippen molar-refractivity contribution in [1.82, 2.24) is 19.7 Å². The molecule has 0 unspecified atom stereocenters. The Morgan fingerprint density at radius 1 is 0.857 bits per heavy atom. The Bertz CT molecular complexity index is 1430. The number of hydrogen-bond acceptors (Lipinski definition) is 5. The number of benzene rings is 3. The number of rotatable bonds is 7. The van der Waals surface area contributed by atoms with E-state index in [0.29, 0.717) is 11.3 Å². The predicted molar refractivity (Wildman–Crippen MR) is 140 cm³/mol. The van der Waals surface area contributed by atoms with E-state index < -0.39 is 0 Å². The van der Waals surface area contributed by atoms with E-state index in [4.69, 9.17) is 0 Å². The first-order valence-electron chi connectivity index (χ1n) is 11.2. The van der Waals surface area contributed by atoms with Gasteiger partial charge in [0.2, 0.25) is 0 Å². The Balaban J connectivity index is 1.36. The van der Waals surface area contributed by atoms with Gasteiger partial charge in [-0.05, 0) is 60.5 Å². The third-order valence-electron chi connectivity index (χ3n) is 5.54. The summed E-state index contributed by atoms with van der Waals surface area (Å²) in [4.78, 5) is 16.7. The summed E-state index contributed by atoms with van der Waals surface area (Å²) in [7, 11) is 0. The summed E-state index contributed by atoms with van der Waals surface area (Å²) in [5, 5.41) is 12.7.